The third-order valence-corrected chi connectivity index (χ3v) is 4.96. The van der Waals surface area contributed by atoms with Crippen molar-refractivity contribution in [3.8, 4) is 5.75 Å². The lowest BCUT2D eigenvalue weighted by Gasteiger charge is -2.18. The van der Waals surface area contributed by atoms with Crippen LogP contribution in [-0.4, -0.2) is 42.3 Å². The fourth-order valence-corrected chi connectivity index (χ4v) is 3.23. The van der Waals surface area contributed by atoms with Gasteiger partial charge in [0, 0.05) is 13.6 Å². The number of urea groups is 1. The number of rotatable bonds is 7. The van der Waals surface area contributed by atoms with Gasteiger partial charge in [-0.3, -0.25) is 14.9 Å². The number of carbonyl (C=O) groups excluding carboxylic acids is 3. The molecular weight excluding hydrogens is 390 g/mol. The Kier molecular flexibility index (Phi) is 6.91. The Bertz CT molecular complexity index is 913. The molecule has 150 valence electrons. The lowest BCUT2D eigenvalue weighted by Crippen LogP contribution is -2.39. The minimum Gasteiger partial charge on any atom is -0.492 e. The van der Waals surface area contributed by atoms with Crippen molar-refractivity contribution in [3.05, 3.63) is 70.6 Å². The van der Waals surface area contributed by atoms with Gasteiger partial charge in [-0.2, -0.15) is 0 Å². The maximum absolute atomic E-state index is 12.1. The molecule has 29 heavy (non-hydrogen) atoms. The molecule has 0 bridgehead atoms. The van der Waals surface area contributed by atoms with Gasteiger partial charge in [0.25, 0.3) is 11.1 Å². The van der Waals surface area contributed by atoms with Gasteiger partial charge in [-0.15, -0.1) is 0 Å². The molecule has 2 aromatic rings. The average molecular weight is 411 g/mol. The zero-order valence-corrected chi connectivity index (χ0v) is 16.7. The number of ether oxygens (including phenoxy) is 1. The van der Waals surface area contributed by atoms with Crippen LogP contribution in [0.5, 0.6) is 5.75 Å². The maximum atomic E-state index is 12.1. The predicted octanol–water partition coefficient (Wildman–Crippen LogP) is 3.23. The summed E-state index contributed by atoms with van der Waals surface area (Å²) in [6.45, 7) is 1.26. The highest BCUT2D eigenvalue weighted by Crippen LogP contribution is 2.26. The van der Waals surface area contributed by atoms with Gasteiger partial charge in [0.05, 0.1) is 11.4 Å². The number of imide groups is 1. The van der Waals surface area contributed by atoms with E-state index in [0.29, 0.717) is 30.4 Å². The number of nitrogens with one attached hydrogen (secondary N) is 2. The van der Waals surface area contributed by atoms with Crippen molar-refractivity contribution >= 4 is 35.0 Å². The molecule has 0 aliphatic carbocycles. The molecule has 0 spiro atoms. The van der Waals surface area contributed by atoms with Crippen molar-refractivity contribution in [3.63, 3.8) is 0 Å². The number of likely N-dealkylation sites (N-methyl/N-ethyl adjacent to an activating group) is 1. The van der Waals surface area contributed by atoms with E-state index in [4.69, 9.17) is 4.74 Å². The fourth-order valence-electron chi connectivity index (χ4n) is 2.54. The summed E-state index contributed by atoms with van der Waals surface area (Å²) in [5.74, 6) is 0.277. The molecule has 1 aliphatic heterocycles. The molecule has 0 atom stereocenters. The minimum absolute atomic E-state index is 0.165. The van der Waals surface area contributed by atoms with E-state index in [1.54, 1.807) is 42.3 Å². The molecule has 0 saturated carbocycles. The summed E-state index contributed by atoms with van der Waals surface area (Å²) in [5, 5.41) is 4.72. The minimum atomic E-state index is -0.381. The Morgan fingerprint density at radius 1 is 1.14 bits per heavy atom. The van der Waals surface area contributed by atoms with Gasteiger partial charge >= 0.3 is 6.03 Å². The lowest BCUT2D eigenvalue weighted by atomic mass is 10.2. The van der Waals surface area contributed by atoms with Crippen molar-refractivity contribution in [2.75, 3.05) is 20.2 Å². The first-order valence-corrected chi connectivity index (χ1v) is 9.83. The normalized spacial score (nSPS) is 14.6. The van der Waals surface area contributed by atoms with Crippen LogP contribution in [-0.2, 0) is 11.3 Å². The molecule has 1 fully saturated rings. The number of benzene rings is 2. The van der Waals surface area contributed by atoms with Crippen molar-refractivity contribution in [1.29, 1.82) is 0 Å². The monoisotopic (exact) mass is 411 g/mol. The second kappa shape index (κ2) is 9.79. The topological polar surface area (TPSA) is 87.7 Å². The molecule has 4 amide bonds. The van der Waals surface area contributed by atoms with Gasteiger partial charge in [0.15, 0.2) is 0 Å². The molecule has 1 saturated heterocycles. The molecule has 1 heterocycles. The highest BCUT2D eigenvalue weighted by atomic mass is 32.2. The number of thioether (sulfide) groups is 1. The first kappa shape index (κ1) is 20.5. The zero-order valence-electron chi connectivity index (χ0n) is 15.9. The number of hydrogen-bond acceptors (Lipinski definition) is 5. The van der Waals surface area contributed by atoms with Gasteiger partial charge in [0.1, 0.15) is 12.4 Å². The van der Waals surface area contributed by atoms with Gasteiger partial charge < -0.3 is 15.0 Å². The fraction of sp³-hybridized carbons (Fsp3) is 0.190. The Morgan fingerprint density at radius 3 is 2.52 bits per heavy atom. The molecule has 7 nitrogen and oxygen atoms in total. The lowest BCUT2D eigenvalue weighted by molar-refractivity contribution is -0.115. The van der Waals surface area contributed by atoms with E-state index >= 15 is 0 Å². The molecule has 2 aromatic carbocycles. The SMILES string of the molecule is CN(CCOc1ccc(/C=C2\SC(=O)NC2=O)cc1)C(=O)NCc1ccccc1. The van der Waals surface area contributed by atoms with Crippen LogP contribution in [0.1, 0.15) is 11.1 Å². The number of nitrogens with zero attached hydrogens (tertiary/aromatic N) is 1. The molecule has 1 aliphatic rings. The second-order valence-corrected chi connectivity index (χ2v) is 7.35. The summed E-state index contributed by atoms with van der Waals surface area (Å²) in [6, 6.07) is 16.7. The Morgan fingerprint density at radius 2 is 1.86 bits per heavy atom. The number of amides is 4. The van der Waals surface area contributed by atoms with Crippen LogP contribution >= 0.6 is 11.8 Å². The van der Waals surface area contributed by atoms with Crippen LogP contribution < -0.4 is 15.4 Å². The Balaban J connectivity index is 1.42. The van der Waals surface area contributed by atoms with Gasteiger partial charge in [-0.1, -0.05) is 42.5 Å². The molecule has 0 unspecified atom stereocenters. The van der Waals surface area contributed by atoms with Crippen LogP contribution in [0.2, 0.25) is 0 Å². The summed E-state index contributed by atoms with van der Waals surface area (Å²) in [7, 11) is 1.71. The summed E-state index contributed by atoms with van der Waals surface area (Å²) in [6.07, 6.45) is 1.65. The van der Waals surface area contributed by atoms with Crippen LogP contribution in [0.25, 0.3) is 6.08 Å². The molecule has 0 radical (unpaired) electrons. The van der Waals surface area contributed by atoms with E-state index in [-0.39, 0.29) is 17.2 Å². The maximum Gasteiger partial charge on any atom is 0.317 e. The third kappa shape index (κ3) is 6.11. The summed E-state index contributed by atoms with van der Waals surface area (Å²) in [4.78, 5) is 36.8. The zero-order chi connectivity index (χ0) is 20.6. The Hall–Kier alpha value is -3.26. The quantitative estimate of drug-likeness (QED) is 0.683. The number of carbonyl (C=O) groups is 3. The average Bonchev–Trinajstić information content (AvgIpc) is 3.04. The first-order chi connectivity index (χ1) is 14.0. The van der Waals surface area contributed by atoms with E-state index in [1.807, 2.05) is 30.3 Å². The Labute approximate surface area is 173 Å². The predicted molar refractivity (Wildman–Crippen MR) is 112 cm³/mol. The summed E-state index contributed by atoms with van der Waals surface area (Å²) in [5.41, 5.74) is 1.83. The highest BCUT2D eigenvalue weighted by Gasteiger charge is 2.24. The van der Waals surface area contributed by atoms with Crippen LogP contribution in [0, 0.1) is 0 Å². The second-order valence-electron chi connectivity index (χ2n) is 6.34. The smallest absolute Gasteiger partial charge is 0.317 e. The van der Waals surface area contributed by atoms with Crippen LogP contribution in [0.4, 0.5) is 9.59 Å². The van der Waals surface area contributed by atoms with Gasteiger partial charge in [0.2, 0.25) is 0 Å². The standard InChI is InChI=1S/C21H21N3O4S/c1-24(20(26)22-14-16-5-3-2-4-6-16)11-12-28-17-9-7-15(8-10-17)13-18-19(25)23-21(27)29-18/h2-10,13H,11-12,14H2,1H3,(H,22,26)(H,23,25,27)/b18-13-. The summed E-state index contributed by atoms with van der Waals surface area (Å²) < 4.78 is 5.67. The van der Waals surface area contributed by atoms with E-state index < -0.39 is 0 Å². The van der Waals surface area contributed by atoms with E-state index in [1.165, 1.54) is 0 Å². The first-order valence-electron chi connectivity index (χ1n) is 9.02. The van der Waals surface area contributed by atoms with Crippen molar-refractivity contribution < 1.29 is 19.1 Å². The molecule has 8 heteroatoms. The van der Waals surface area contributed by atoms with Gasteiger partial charge in [-0.25, -0.2) is 4.79 Å². The van der Waals surface area contributed by atoms with E-state index in [9.17, 15) is 14.4 Å². The van der Waals surface area contributed by atoms with E-state index in [2.05, 4.69) is 10.6 Å². The molecular formula is C21H21N3O4S. The van der Waals surface area contributed by atoms with Crippen molar-refractivity contribution in [2.24, 2.45) is 0 Å². The van der Waals surface area contributed by atoms with Crippen molar-refractivity contribution in [2.45, 2.75) is 6.54 Å². The van der Waals surface area contributed by atoms with Crippen molar-refractivity contribution in [1.82, 2.24) is 15.5 Å². The molecule has 2 N–H and O–H groups in total. The van der Waals surface area contributed by atoms with E-state index in [0.717, 1.165) is 22.9 Å². The molecule has 0 aromatic heterocycles. The number of hydrogen-bond donors (Lipinski definition) is 2. The largest absolute Gasteiger partial charge is 0.492 e. The molecule has 3 rings (SSSR count). The van der Waals surface area contributed by atoms with Crippen LogP contribution in [0.15, 0.2) is 59.5 Å². The van der Waals surface area contributed by atoms with Gasteiger partial charge in [-0.05, 0) is 41.1 Å². The highest BCUT2D eigenvalue weighted by molar-refractivity contribution is 8.18. The third-order valence-electron chi connectivity index (χ3n) is 4.15. The van der Waals surface area contributed by atoms with Crippen LogP contribution in [0.3, 0.4) is 0 Å². The summed E-state index contributed by atoms with van der Waals surface area (Å²) >= 11 is 0.882.